The van der Waals surface area contributed by atoms with Gasteiger partial charge in [0, 0.05) is 119 Å². The van der Waals surface area contributed by atoms with Gasteiger partial charge in [0.05, 0.1) is 28.5 Å². The summed E-state index contributed by atoms with van der Waals surface area (Å²) < 4.78 is 2.41. The highest BCUT2D eigenvalue weighted by Gasteiger charge is 2.56. The predicted octanol–water partition coefficient (Wildman–Crippen LogP) is 22.6. The highest BCUT2D eigenvalue weighted by molar-refractivity contribution is 6.16. The number of aliphatic imine (C=N–C) groups is 2. The van der Waals surface area contributed by atoms with Gasteiger partial charge in [-0.1, -0.05) is 268 Å². The number of rotatable bonds is 14. The zero-order valence-corrected chi connectivity index (χ0v) is 62.3. The molecular weight excluding hydrogens is 1380 g/mol. The Morgan fingerprint density at radius 3 is 1.50 bits per heavy atom. The number of anilines is 2. The minimum absolute atomic E-state index is 0.00431. The van der Waals surface area contributed by atoms with Crippen LogP contribution in [-0.2, 0) is 5.41 Å². The molecule has 12 heteroatoms. The highest BCUT2D eigenvalue weighted by Crippen LogP contribution is 2.56. The van der Waals surface area contributed by atoms with Crippen LogP contribution < -0.4 is 9.80 Å². The van der Waals surface area contributed by atoms with E-state index in [4.69, 9.17) is 44.9 Å². The van der Waals surface area contributed by atoms with E-state index < -0.39 is 10.8 Å². The van der Waals surface area contributed by atoms with Gasteiger partial charge in [0.15, 0.2) is 35.3 Å². The Balaban J connectivity index is 0.730. The van der Waals surface area contributed by atoms with Crippen LogP contribution in [0.5, 0.6) is 0 Å². The van der Waals surface area contributed by atoms with Crippen LogP contribution in [0.25, 0.3) is 118 Å². The van der Waals surface area contributed by atoms with Crippen molar-refractivity contribution in [2.24, 2.45) is 21.3 Å². The molecule has 113 heavy (non-hydrogen) atoms. The van der Waals surface area contributed by atoms with Gasteiger partial charge in [-0.15, -0.1) is 0 Å². The molecular formula is C101H74N12. The number of amidine groups is 1. The number of fused-ring (bicyclic) bond motifs is 8. The third-order valence-corrected chi connectivity index (χ3v) is 23.4. The van der Waals surface area contributed by atoms with Gasteiger partial charge < -0.3 is 14.4 Å². The fraction of sp³-hybridized carbons (Fsp3) is 0.0990. The number of hydrogen-bond acceptors (Lipinski definition) is 11. The number of nitrogens with zero attached hydrogens (tertiary/aromatic N) is 12. The Kier molecular flexibility index (Phi) is 16.2. The molecule has 5 atom stereocenters. The van der Waals surface area contributed by atoms with E-state index in [1.807, 2.05) is 85.1 Å². The van der Waals surface area contributed by atoms with Crippen LogP contribution in [0.2, 0.25) is 0 Å². The second-order valence-corrected chi connectivity index (χ2v) is 30.5. The zero-order chi connectivity index (χ0) is 75.1. The molecule has 7 aliphatic rings. The van der Waals surface area contributed by atoms with Crippen molar-refractivity contribution in [2.45, 2.75) is 50.7 Å². The first-order valence-corrected chi connectivity index (χ1v) is 38.8. The smallest absolute Gasteiger partial charge is 0.164 e. The Morgan fingerprint density at radius 2 is 0.929 bits per heavy atom. The summed E-state index contributed by atoms with van der Waals surface area (Å²) in [6.07, 6.45) is 28.8. The molecule has 1 saturated heterocycles. The number of hydrogen-bond donors (Lipinski definition) is 0. The maximum atomic E-state index is 5.69. The molecule has 0 N–H and O–H groups in total. The van der Waals surface area contributed by atoms with Crippen molar-refractivity contribution in [2.75, 3.05) is 9.80 Å². The van der Waals surface area contributed by atoms with Crippen LogP contribution >= 0.6 is 0 Å². The third kappa shape index (κ3) is 11.9. The topological polar surface area (TPSA) is 126 Å². The SMILES string of the molecule is CC1(c2nc(C3=CN=C4N(c5ccc6c(c5)c5cc(N7C8=CC=C(c9ccccc9)CC8=C8C=C(c9cc(-c%10ccccc%10)nc(-c%10ccccc%10)c9)C=NC87)ccc5n6-c5ccc(-c6nc(-c7ccccc7)nc(-c7ccccc7)n6)cc5)C5C=CC(c6ccccc6)=CC5C4(C)C3)nc(-c3ccccc3)n2)C=CC=CC1. The van der Waals surface area contributed by atoms with E-state index in [1.165, 1.54) is 33.4 Å². The van der Waals surface area contributed by atoms with E-state index >= 15 is 0 Å². The van der Waals surface area contributed by atoms with Gasteiger partial charge in [0.2, 0.25) is 0 Å². The van der Waals surface area contributed by atoms with Crippen LogP contribution in [0.1, 0.15) is 61.4 Å². The van der Waals surface area contributed by atoms with E-state index in [2.05, 4.69) is 301 Å². The first-order chi connectivity index (χ1) is 55.7. The monoisotopic (exact) mass is 1450 g/mol. The molecule has 4 aromatic heterocycles. The van der Waals surface area contributed by atoms with Gasteiger partial charge in [0.1, 0.15) is 11.7 Å². The Hall–Kier alpha value is -14.2. The number of allylic oxidation sites excluding steroid dienone is 12. The standard InChI is InChI=1S/C101H74N12/c1-100(53-25-10-26-54-100)98-109-95(71-39-23-9-24-40-71)108-96(110-98)77-62-101(2)85-57-74(66-29-13-4-14-30-66)44-50-91(85)113(99(101)103-64-77)80-48-52-89-83(61-80)82-60-79(47-51-88(82)111(89)78-45-41-72(42-46-78)94-106-92(69-35-19-7-20-36-69)105-93(107-94)70-37-21-8-22-38-70)112-90-49-43-73(65-27-11-3-12-28-65)55-81(90)84-56-76(63-102-97(84)112)75-58-86(67-31-15-5-16-32-67)104-87(59-75)68-33-17-6-18-34-68/h3-53,56-61,63-64,85,91,97H,54-55,62H2,1-2H3. The van der Waals surface area contributed by atoms with Crippen molar-refractivity contribution in [3.8, 4) is 73.8 Å². The molecule has 5 unspecified atom stereocenters. The lowest BCUT2D eigenvalue weighted by atomic mass is 9.69. The summed E-state index contributed by atoms with van der Waals surface area (Å²) in [6.45, 7) is 4.63. The predicted molar refractivity (Wildman–Crippen MR) is 459 cm³/mol. The molecule has 8 heterocycles. The van der Waals surface area contributed by atoms with Crippen molar-refractivity contribution in [3.05, 3.63) is 397 Å². The zero-order valence-electron chi connectivity index (χ0n) is 62.3. The van der Waals surface area contributed by atoms with E-state index in [9.17, 15) is 0 Å². The van der Waals surface area contributed by atoms with Crippen LogP contribution in [0, 0.1) is 11.3 Å². The number of pyridine rings is 1. The van der Waals surface area contributed by atoms with Crippen molar-refractivity contribution in [3.63, 3.8) is 0 Å². The summed E-state index contributed by atoms with van der Waals surface area (Å²) in [5.41, 5.74) is 23.3. The second kappa shape index (κ2) is 27.4. The maximum Gasteiger partial charge on any atom is 0.164 e. The Morgan fingerprint density at radius 1 is 0.425 bits per heavy atom. The lowest BCUT2D eigenvalue weighted by Crippen LogP contribution is -2.37. The largest absolute Gasteiger partial charge is 0.322 e. The summed E-state index contributed by atoms with van der Waals surface area (Å²) in [4.78, 5) is 53.0. The van der Waals surface area contributed by atoms with E-state index in [-0.39, 0.29) is 18.1 Å². The first kappa shape index (κ1) is 66.9. The van der Waals surface area contributed by atoms with E-state index in [0.29, 0.717) is 35.5 Å². The normalized spacial score (nSPS) is 19.9. The van der Waals surface area contributed by atoms with Gasteiger partial charge in [-0.25, -0.2) is 39.9 Å². The molecule has 0 bridgehead atoms. The quantitative estimate of drug-likeness (QED) is 0.105. The summed E-state index contributed by atoms with van der Waals surface area (Å²) in [5, 5.41) is 2.19. The van der Waals surface area contributed by atoms with Crippen molar-refractivity contribution < 1.29 is 0 Å². The first-order valence-electron chi connectivity index (χ1n) is 38.8. The second-order valence-electron chi connectivity index (χ2n) is 30.5. The average Bonchev–Trinajstić information content (AvgIpc) is 1.58. The molecule has 1 fully saturated rings. The summed E-state index contributed by atoms with van der Waals surface area (Å²) in [7, 11) is 0. The van der Waals surface area contributed by atoms with Gasteiger partial charge in [-0.3, -0.25) is 4.99 Å². The lowest BCUT2D eigenvalue weighted by molar-refractivity contribution is 0.361. The van der Waals surface area contributed by atoms with Crippen LogP contribution in [0.3, 0.4) is 0 Å². The molecule has 4 aliphatic heterocycles. The number of aromatic nitrogens is 8. The van der Waals surface area contributed by atoms with E-state index in [1.54, 1.807) is 0 Å². The van der Waals surface area contributed by atoms with Crippen LogP contribution in [0.4, 0.5) is 11.4 Å². The van der Waals surface area contributed by atoms with Crippen molar-refractivity contribution in [1.82, 2.24) is 39.5 Å². The fourth-order valence-corrected chi connectivity index (χ4v) is 17.6. The molecule has 10 aromatic carbocycles. The van der Waals surface area contributed by atoms with E-state index in [0.717, 1.165) is 131 Å². The van der Waals surface area contributed by atoms with Crippen molar-refractivity contribution in [1.29, 1.82) is 0 Å². The molecule has 12 nitrogen and oxygen atoms in total. The van der Waals surface area contributed by atoms with Gasteiger partial charge >= 0.3 is 0 Å². The molecule has 538 valence electrons. The van der Waals surface area contributed by atoms with Crippen LogP contribution in [0.15, 0.2) is 379 Å². The van der Waals surface area contributed by atoms with Gasteiger partial charge in [-0.05, 0) is 138 Å². The lowest BCUT2D eigenvalue weighted by Gasteiger charge is -2.34. The molecule has 14 aromatic rings. The molecule has 0 radical (unpaired) electrons. The molecule has 0 saturated carbocycles. The molecule has 0 spiro atoms. The summed E-state index contributed by atoms with van der Waals surface area (Å²) >= 11 is 0. The van der Waals surface area contributed by atoms with Gasteiger partial charge in [0.25, 0.3) is 0 Å². The van der Waals surface area contributed by atoms with Crippen molar-refractivity contribution >= 4 is 67.5 Å². The Bertz CT molecular complexity index is 6420. The van der Waals surface area contributed by atoms with Gasteiger partial charge in [-0.2, -0.15) is 0 Å². The van der Waals surface area contributed by atoms with Crippen LogP contribution in [-0.4, -0.2) is 63.7 Å². The minimum atomic E-state index is -0.516. The summed E-state index contributed by atoms with van der Waals surface area (Å²) in [5.74, 6) is 4.85. The fourth-order valence-electron chi connectivity index (χ4n) is 17.6. The molecule has 0 amide bonds. The Labute approximate surface area is 655 Å². The summed E-state index contributed by atoms with van der Waals surface area (Å²) in [6, 6.07) is 100. The maximum absolute atomic E-state index is 5.69. The minimum Gasteiger partial charge on any atom is -0.322 e. The average molecular weight is 1460 g/mol. The highest BCUT2D eigenvalue weighted by atomic mass is 15.3. The molecule has 21 rings (SSSR count). The third-order valence-electron chi connectivity index (χ3n) is 23.4. The number of dihydropyridines is 1. The molecule has 3 aliphatic carbocycles. The number of benzene rings is 10.